The number of hydrogen-bond donors (Lipinski definition) is 1. The van der Waals surface area contributed by atoms with Gasteiger partial charge in [-0.15, -0.1) is 0 Å². The topological polar surface area (TPSA) is 45.5 Å². The molecule has 4 saturated heterocycles. The lowest BCUT2D eigenvalue weighted by Gasteiger charge is -2.56. The van der Waals surface area contributed by atoms with Crippen LogP contribution in [0.3, 0.4) is 0 Å². The van der Waals surface area contributed by atoms with Gasteiger partial charge in [-0.3, -0.25) is 14.7 Å². The SMILES string of the molecule is CC(C)N1CCC(CN2CCN(C(C)C)CC2)CC1.CC1CC2CC(C1)N2C(C)N.CCN(CCN(C)C)C(C)C. The number of likely N-dealkylation sites (tertiary alicyclic amines) is 1. The lowest BCUT2D eigenvalue weighted by molar-refractivity contribution is -0.0729. The minimum Gasteiger partial charge on any atom is -0.316 e. The third-order valence-electron chi connectivity index (χ3n) is 10.2. The second-order valence-corrected chi connectivity index (χ2v) is 14.8. The normalized spacial score (nSPS) is 27.6. The summed E-state index contributed by atoms with van der Waals surface area (Å²) in [5.74, 6) is 1.88. The van der Waals surface area contributed by atoms with Crippen LogP contribution < -0.4 is 5.73 Å². The molecule has 244 valence electrons. The maximum absolute atomic E-state index is 5.86. The van der Waals surface area contributed by atoms with Gasteiger partial charge in [-0.05, 0) is 126 Å². The highest BCUT2D eigenvalue weighted by atomic mass is 15.3. The second-order valence-electron chi connectivity index (χ2n) is 14.8. The van der Waals surface area contributed by atoms with Gasteiger partial charge in [0.2, 0.25) is 0 Å². The first-order valence-electron chi connectivity index (χ1n) is 17.4. The van der Waals surface area contributed by atoms with Crippen LogP contribution in [0.25, 0.3) is 0 Å². The van der Waals surface area contributed by atoms with E-state index in [1.807, 2.05) is 0 Å². The fourth-order valence-electron chi connectivity index (χ4n) is 7.43. The van der Waals surface area contributed by atoms with Crippen LogP contribution in [0.5, 0.6) is 0 Å². The molecule has 1 aliphatic carbocycles. The number of rotatable bonds is 10. The summed E-state index contributed by atoms with van der Waals surface area (Å²) < 4.78 is 0. The van der Waals surface area contributed by atoms with Crippen molar-refractivity contribution in [2.75, 3.05) is 79.5 Å². The van der Waals surface area contributed by atoms with Gasteiger partial charge in [0, 0.05) is 76.0 Å². The van der Waals surface area contributed by atoms with E-state index in [2.05, 4.69) is 106 Å². The Morgan fingerprint density at radius 1 is 0.732 bits per heavy atom. The van der Waals surface area contributed by atoms with Gasteiger partial charge in [-0.25, -0.2) is 0 Å². The zero-order valence-corrected chi connectivity index (χ0v) is 29.5. The molecule has 5 fully saturated rings. The van der Waals surface area contributed by atoms with Crippen molar-refractivity contribution in [2.45, 2.75) is 131 Å². The number of fused-ring (bicyclic) bond motifs is 2. The quantitative estimate of drug-likeness (QED) is 0.407. The summed E-state index contributed by atoms with van der Waals surface area (Å²) in [6, 6.07) is 3.78. The Bertz CT molecular complexity index is 628. The average Bonchev–Trinajstić information content (AvgIpc) is 2.89. The average molecular weight is 580 g/mol. The Hall–Kier alpha value is -0.280. The predicted molar refractivity (Wildman–Crippen MR) is 180 cm³/mol. The Kier molecular flexibility index (Phi) is 16.7. The largest absolute Gasteiger partial charge is 0.316 e. The number of nitrogens with zero attached hydrogens (tertiary/aromatic N) is 6. The molecule has 4 heterocycles. The van der Waals surface area contributed by atoms with E-state index in [-0.39, 0.29) is 6.17 Å². The van der Waals surface area contributed by atoms with Gasteiger partial charge in [0.1, 0.15) is 0 Å². The van der Waals surface area contributed by atoms with Crippen LogP contribution in [0.4, 0.5) is 0 Å². The van der Waals surface area contributed by atoms with E-state index in [0.29, 0.717) is 6.04 Å². The maximum Gasteiger partial charge on any atom is 0.0548 e. The van der Waals surface area contributed by atoms with Crippen molar-refractivity contribution in [1.29, 1.82) is 0 Å². The predicted octanol–water partition coefficient (Wildman–Crippen LogP) is 4.58. The third kappa shape index (κ3) is 12.7. The molecule has 2 N–H and O–H groups in total. The van der Waals surface area contributed by atoms with E-state index in [1.54, 1.807) is 0 Å². The van der Waals surface area contributed by atoms with Crippen LogP contribution in [0.2, 0.25) is 0 Å². The van der Waals surface area contributed by atoms with E-state index < -0.39 is 0 Å². The summed E-state index contributed by atoms with van der Waals surface area (Å²) in [6.45, 7) is 33.0. The molecule has 3 unspecified atom stereocenters. The van der Waals surface area contributed by atoms with E-state index in [9.17, 15) is 0 Å². The molecule has 7 heteroatoms. The Labute approximate surface area is 257 Å². The summed E-state index contributed by atoms with van der Waals surface area (Å²) in [6.07, 6.45) is 7.25. The van der Waals surface area contributed by atoms with E-state index in [4.69, 9.17) is 5.73 Å². The fourth-order valence-corrected chi connectivity index (χ4v) is 7.43. The van der Waals surface area contributed by atoms with Crippen molar-refractivity contribution in [3.8, 4) is 0 Å². The Morgan fingerprint density at radius 3 is 1.66 bits per heavy atom. The molecule has 41 heavy (non-hydrogen) atoms. The van der Waals surface area contributed by atoms with Crippen molar-refractivity contribution >= 4 is 0 Å². The molecule has 4 aliphatic heterocycles. The summed E-state index contributed by atoms with van der Waals surface area (Å²) >= 11 is 0. The highest BCUT2D eigenvalue weighted by Crippen LogP contribution is 2.41. The molecule has 3 atom stereocenters. The molecule has 0 aromatic carbocycles. The Balaban J connectivity index is 0.000000230. The molecule has 7 nitrogen and oxygen atoms in total. The maximum atomic E-state index is 5.86. The molecule has 0 spiro atoms. The first-order valence-corrected chi connectivity index (χ1v) is 17.4. The van der Waals surface area contributed by atoms with Crippen molar-refractivity contribution in [1.82, 2.24) is 29.4 Å². The summed E-state index contributed by atoms with van der Waals surface area (Å²) in [5.41, 5.74) is 5.86. The number of piperidine rings is 2. The number of piperazine rings is 1. The van der Waals surface area contributed by atoms with Gasteiger partial charge < -0.3 is 20.4 Å². The van der Waals surface area contributed by atoms with Gasteiger partial charge in [0.05, 0.1) is 6.17 Å². The molecule has 0 aromatic rings. The van der Waals surface area contributed by atoms with Crippen molar-refractivity contribution in [3.05, 3.63) is 0 Å². The first kappa shape index (κ1) is 36.9. The van der Waals surface area contributed by atoms with Crippen LogP contribution in [-0.4, -0.2) is 145 Å². The smallest absolute Gasteiger partial charge is 0.0548 e. The molecular weight excluding hydrogens is 506 g/mol. The second kappa shape index (κ2) is 18.5. The van der Waals surface area contributed by atoms with Gasteiger partial charge in [-0.1, -0.05) is 13.8 Å². The summed E-state index contributed by atoms with van der Waals surface area (Å²) in [7, 11) is 4.24. The van der Waals surface area contributed by atoms with E-state index in [1.165, 1.54) is 84.5 Å². The minimum atomic E-state index is 0.284. The van der Waals surface area contributed by atoms with Crippen LogP contribution in [0.15, 0.2) is 0 Å². The van der Waals surface area contributed by atoms with Crippen LogP contribution in [0, 0.1) is 11.8 Å². The monoisotopic (exact) mass is 580 g/mol. The Morgan fingerprint density at radius 2 is 1.24 bits per heavy atom. The highest BCUT2D eigenvalue weighted by Gasteiger charge is 2.45. The van der Waals surface area contributed by atoms with Crippen LogP contribution >= 0.6 is 0 Å². The van der Waals surface area contributed by atoms with Crippen LogP contribution in [-0.2, 0) is 0 Å². The van der Waals surface area contributed by atoms with E-state index in [0.717, 1.165) is 49.1 Å². The van der Waals surface area contributed by atoms with Gasteiger partial charge in [0.25, 0.3) is 0 Å². The number of hydrogen-bond acceptors (Lipinski definition) is 7. The molecule has 0 aromatic heterocycles. The van der Waals surface area contributed by atoms with Crippen LogP contribution in [0.1, 0.15) is 94.4 Å². The molecule has 5 rings (SSSR count). The minimum absolute atomic E-state index is 0.284. The lowest BCUT2D eigenvalue weighted by Crippen LogP contribution is -2.65. The highest BCUT2D eigenvalue weighted by molar-refractivity contribution is 4.99. The summed E-state index contributed by atoms with van der Waals surface area (Å²) in [5, 5.41) is 0. The lowest BCUT2D eigenvalue weighted by atomic mass is 9.74. The summed E-state index contributed by atoms with van der Waals surface area (Å²) in [4.78, 5) is 15.1. The molecule has 0 amide bonds. The molecule has 0 radical (unpaired) electrons. The number of nitrogens with two attached hydrogens (primary N) is 1. The van der Waals surface area contributed by atoms with Crippen molar-refractivity contribution in [3.63, 3.8) is 0 Å². The van der Waals surface area contributed by atoms with Gasteiger partial charge in [-0.2, -0.15) is 0 Å². The zero-order chi connectivity index (χ0) is 30.7. The third-order valence-corrected chi connectivity index (χ3v) is 10.2. The van der Waals surface area contributed by atoms with Gasteiger partial charge in [0.15, 0.2) is 0 Å². The van der Waals surface area contributed by atoms with E-state index >= 15 is 0 Å². The molecule has 2 bridgehead atoms. The molecule has 5 aliphatic rings. The zero-order valence-electron chi connectivity index (χ0n) is 29.5. The standard InChI is InChI=1S/C16H33N3.C9H18N2.C9H22N2/c1-14(2)18-7-5-16(6-8-18)13-17-9-11-19(12-10-17)15(3)4;1-6-3-8-5-9(4-6)11(8)7(2)10;1-6-11(9(2)3)8-7-10(4)5/h14-16H,5-13H2,1-4H3;6-9H,3-5,10H2,1-2H3;9H,6-8H2,1-5H3. The fraction of sp³-hybridized carbons (Fsp3) is 1.00. The van der Waals surface area contributed by atoms with Crippen molar-refractivity contribution in [2.24, 2.45) is 17.6 Å². The molecular formula is C34H73N7. The van der Waals surface area contributed by atoms with Gasteiger partial charge >= 0.3 is 0 Å². The van der Waals surface area contributed by atoms with Crippen molar-refractivity contribution < 1.29 is 0 Å². The molecule has 1 saturated carbocycles. The number of likely N-dealkylation sites (N-methyl/N-ethyl adjacent to an activating group) is 2. The first-order chi connectivity index (χ1) is 19.3.